The highest BCUT2D eigenvalue weighted by Gasteiger charge is 2.10. The molecule has 0 saturated carbocycles. The third-order valence-electron chi connectivity index (χ3n) is 3.16. The number of pyridine rings is 1. The van der Waals surface area contributed by atoms with Gasteiger partial charge in [-0.25, -0.2) is 4.98 Å². The van der Waals surface area contributed by atoms with Gasteiger partial charge in [-0.15, -0.1) is 0 Å². The van der Waals surface area contributed by atoms with E-state index in [1.54, 1.807) is 0 Å². The number of hydrogen-bond donors (Lipinski definition) is 1. The second-order valence-corrected chi connectivity index (χ2v) is 4.67. The van der Waals surface area contributed by atoms with Gasteiger partial charge >= 0.3 is 0 Å². The Hall–Kier alpha value is -1.87. The van der Waals surface area contributed by atoms with Crippen LogP contribution in [0.15, 0.2) is 30.3 Å². The van der Waals surface area contributed by atoms with E-state index in [2.05, 4.69) is 18.0 Å². The van der Waals surface area contributed by atoms with Crippen LogP contribution in [0.3, 0.4) is 0 Å². The third-order valence-corrected chi connectivity index (χ3v) is 3.16. The van der Waals surface area contributed by atoms with Crippen molar-refractivity contribution < 1.29 is 4.74 Å². The average molecular weight is 256 g/mol. The molecule has 3 nitrogen and oxygen atoms in total. The minimum atomic E-state index is 0.432. The molecule has 0 fully saturated rings. The Kier molecular flexibility index (Phi) is 4.17. The van der Waals surface area contributed by atoms with E-state index in [0.717, 1.165) is 29.0 Å². The van der Waals surface area contributed by atoms with E-state index in [4.69, 9.17) is 10.5 Å². The molecular weight excluding hydrogens is 236 g/mol. The van der Waals surface area contributed by atoms with Crippen LogP contribution >= 0.6 is 0 Å². The molecule has 19 heavy (non-hydrogen) atoms. The van der Waals surface area contributed by atoms with Crippen molar-refractivity contribution in [2.75, 3.05) is 0 Å². The lowest BCUT2D eigenvalue weighted by Gasteiger charge is -2.13. The Morgan fingerprint density at radius 3 is 2.68 bits per heavy atom. The molecule has 3 heteroatoms. The molecule has 0 aliphatic rings. The van der Waals surface area contributed by atoms with Crippen LogP contribution in [-0.4, -0.2) is 4.98 Å². The number of nitrogens with zero attached hydrogens (tertiary/aromatic N) is 1. The summed E-state index contributed by atoms with van der Waals surface area (Å²) in [6, 6.07) is 10.1. The van der Waals surface area contributed by atoms with Crippen LogP contribution in [-0.2, 0) is 13.0 Å². The maximum absolute atomic E-state index is 5.91. The Balaban J connectivity index is 2.36. The van der Waals surface area contributed by atoms with Crippen LogP contribution in [0.4, 0.5) is 0 Å². The van der Waals surface area contributed by atoms with E-state index in [-0.39, 0.29) is 0 Å². The zero-order valence-electron chi connectivity index (χ0n) is 11.7. The first-order chi connectivity index (χ1) is 9.13. The Labute approximate surface area is 114 Å². The quantitative estimate of drug-likeness (QED) is 0.910. The molecule has 2 N–H and O–H groups in total. The van der Waals surface area contributed by atoms with E-state index in [1.807, 2.05) is 38.1 Å². The fourth-order valence-electron chi connectivity index (χ4n) is 2.10. The summed E-state index contributed by atoms with van der Waals surface area (Å²) in [6.45, 7) is 6.55. The number of nitrogens with two attached hydrogens (primary N) is 1. The maximum atomic E-state index is 5.91. The fraction of sp³-hybridized carbons (Fsp3) is 0.312. The Morgan fingerprint density at radius 1 is 1.21 bits per heavy atom. The first-order valence-corrected chi connectivity index (χ1v) is 6.58. The molecule has 0 saturated heterocycles. The molecule has 1 aromatic heterocycles. The highest BCUT2D eigenvalue weighted by molar-refractivity contribution is 5.39. The van der Waals surface area contributed by atoms with Crippen LogP contribution in [0, 0.1) is 13.8 Å². The number of benzene rings is 1. The van der Waals surface area contributed by atoms with Gasteiger partial charge in [-0.05, 0) is 49.6 Å². The van der Waals surface area contributed by atoms with Crippen molar-refractivity contribution in [1.29, 1.82) is 0 Å². The van der Waals surface area contributed by atoms with Crippen molar-refractivity contribution >= 4 is 0 Å². The van der Waals surface area contributed by atoms with Crippen molar-refractivity contribution in [2.45, 2.75) is 33.7 Å². The number of ether oxygens (including phenoxy) is 1. The monoisotopic (exact) mass is 256 g/mol. The second kappa shape index (κ2) is 5.85. The Bertz CT molecular complexity index is 579. The minimum absolute atomic E-state index is 0.432. The maximum Gasteiger partial charge on any atom is 0.224 e. The van der Waals surface area contributed by atoms with E-state index < -0.39 is 0 Å². The molecule has 0 aliphatic heterocycles. The average Bonchev–Trinajstić information content (AvgIpc) is 2.38. The van der Waals surface area contributed by atoms with Gasteiger partial charge in [-0.1, -0.05) is 19.1 Å². The van der Waals surface area contributed by atoms with Gasteiger partial charge in [0, 0.05) is 17.8 Å². The van der Waals surface area contributed by atoms with Crippen molar-refractivity contribution in [3.05, 3.63) is 52.7 Å². The van der Waals surface area contributed by atoms with E-state index >= 15 is 0 Å². The van der Waals surface area contributed by atoms with Crippen LogP contribution in [0.1, 0.15) is 29.3 Å². The van der Waals surface area contributed by atoms with Gasteiger partial charge in [-0.2, -0.15) is 0 Å². The third kappa shape index (κ3) is 3.12. The zero-order valence-corrected chi connectivity index (χ0v) is 11.7. The van der Waals surface area contributed by atoms with Crippen LogP contribution < -0.4 is 10.5 Å². The SMILES string of the molecule is CCc1cccc(Oc2nc(C)cc(C)c2CN)c1. The van der Waals surface area contributed by atoms with Gasteiger partial charge in [0.15, 0.2) is 0 Å². The molecule has 0 atom stereocenters. The largest absolute Gasteiger partial charge is 0.439 e. The second-order valence-electron chi connectivity index (χ2n) is 4.67. The molecule has 0 amide bonds. The van der Waals surface area contributed by atoms with Gasteiger partial charge in [-0.3, -0.25) is 0 Å². The molecule has 0 spiro atoms. The van der Waals surface area contributed by atoms with Crippen molar-refractivity contribution in [3.8, 4) is 11.6 Å². The summed E-state index contributed by atoms with van der Waals surface area (Å²) in [4.78, 5) is 4.45. The zero-order chi connectivity index (χ0) is 13.8. The van der Waals surface area contributed by atoms with Crippen LogP contribution in [0.25, 0.3) is 0 Å². The lowest BCUT2D eigenvalue weighted by atomic mass is 10.1. The van der Waals surface area contributed by atoms with Gasteiger partial charge < -0.3 is 10.5 Å². The minimum Gasteiger partial charge on any atom is -0.439 e. The number of aryl methyl sites for hydroxylation is 3. The smallest absolute Gasteiger partial charge is 0.224 e. The number of hydrogen-bond acceptors (Lipinski definition) is 3. The van der Waals surface area contributed by atoms with Gasteiger partial charge in [0.05, 0.1) is 0 Å². The Morgan fingerprint density at radius 2 is 2.00 bits per heavy atom. The molecule has 0 bridgehead atoms. The van der Waals surface area contributed by atoms with E-state index in [9.17, 15) is 0 Å². The highest BCUT2D eigenvalue weighted by atomic mass is 16.5. The standard InChI is InChI=1S/C16H20N2O/c1-4-13-6-5-7-14(9-13)19-16-15(10-17)11(2)8-12(3)18-16/h5-9H,4,10,17H2,1-3H3. The van der Waals surface area contributed by atoms with Crippen molar-refractivity contribution in [1.82, 2.24) is 4.98 Å². The van der Waals surface area contributed by atoms with E-state index in [0.29, 0.717) is 12.4 Å². The summed E-state index contributed by atoms with van der Waals surface area (Å²) in [5.41, 5.74) is 10.1. The summed E-state index contributed by atoms with van der Waals surface area (Å²) in [6.07, 6.45) is 0.987. The molecule has 0 unspecified atom stereocenters. The summed E-state index contributed by atoms with van der Waals surface area (Å²) < 4.78 is 5.91. The van der Waals surface area contributed by atoms with Crippen molar-refractivity contribution in [2.24, 2.45) is 5.73 Å². The summed E-state index contributed by atoms with van der Waals surface area (Å²) >= 11 is 0. The van der Waals surface area contributed by atoms with Gasteiger partial charge in [0.25, 0.3) is 0 Å². The molecule has 1 heterocycles. The number of rotatable bonds is 4. The molecule has 2 rings (SSSR count). The number of aromatic nitrogens is 1. The molecular formula is C16H20N2O. The van der Waals surface area contributed by atoms with Crippen LogP contribution in [0.5, 0.6) is 11.6 Å². The highest BCUT2D eigenvalue weighted by Crippen LogP contribution is 2.26. The van der Waals surface area contributed by atoms with Gasteiger partial charge in [0.1, 0.15) is 5.75 Å². The van der Waals surface area contributed by atoms with Crippen LogP contribution in [0.2, 0.25) is 0 Å². The normalized spacial score (nSPS) is 10.5. The summed E-state index contributed by atoms with van der Waals surface area (Å²) in [5.74, 6) is 1.43. The summed E-state index contributed by atoms with van der Waals surface area (Å²) in [7, 11) is 0. The van der Waals surface area contributed by atoms with E-state index in [1.165, 1.54) is 5.56 Å². The first kappa shape index (κ1) is 13.6. The van der Waals surface area contributed by atoms with Gasteiger partial charge in [0.2, 0.25) is 5.88 Å². The van der Waals surface area contributed by atoms with Crippen molar-refractivity contribution in [3.63, 3.8) is 0 Å². The lowest BCUT2D eigenvalue weighted by Crippen LogP contribution is -2.05. The molecule has 1 aromatic carbocycles. The predicted molar refractivity (Wildman–Crippen MR) is 77.5 cm³/mol. The first-order valence-electron chi connectivity index (χ1n) is 6.58. The molecule has 0 aliphatic carbocycles. The summed E-state index contributed by atoms with van der Waals surface area (Å²) in [5, 5.41) is 0. The topological polar surface area (TPSA) is 48.1 Å². The predicted octanol–water partition coefficient (Wildman–Crippen LogP) is 3.51. The lowest BCUT2D eigenvalue weighted by molar-refractivity contribution is 0.454. The molecule has 2 aromatic rings. The fourth-order valence-corrected chi connectivity index (χ4v) is 2.10. The molecule has 0 radical (unpaired) electrons. The molecule has 100 valence electrons.